The van der Waals surface area contributed by atoms with Crippen molar-refractivity contribution in [2.45, 2.75) is 0 Å². The van der Waals surface area contributed by atoms with Gasteiger partial charge in [0.1, 0.15) is 11.0 Å². The molecule has 0 aliphatic rings. The number of para-hydroxylation sites is 3. The summed E-state index contributed by atoms with van der Waals surface area (Å²) >= 11 is 1.24. The van der Waals surface area contributed by atoms with Gasteiger partial charge in [-0.2, -0.15) is 8.75 Å². The molecule has 0 bridgehead atoms. The summed E-state index contributed by atoms with van der Waals surface area (Å²) < 4.78 is 11.5. The van der Waals surface area contributed by atoms with Gasteiger partial charge >= 0.3 is 0 Å². The highest BCUT2D eigenvalue weighted by Gasteiger charge is 2.17. The molecule has 0 aliphatic carbocycles. The van der Waals surface area contributed by atoms with Crippen LogP contribution in [0.15, 0.2) is 188 Å². The highest BCUT2D eigenvalue weighted by Crippen LogP contribution is 2.38. The maximum Gasteiger partial charge on any atom is 0.164 e. The molecule has 7 nitrogen and oxygen atoms in total. The first-order valence-electron chi connectivity index (χ1n) is 19.8. The zero-order valence-corrected chi connectivity index (χ0v) is 32.8. The van der Waals surface area contributed by atoms with Crippen LogP contribution in [0.4, 0.5) is 0 Å². The number of hydrogen-bond donors (Lipinski definition) is 0. The first kappa shape index (κ1) is 34.1. The van der Waals surface area contributed by atoms with E-state index < -0.39 is 0 Å². The van der Waals surface area contributed by atoms with Crippen LogP contribution in [0.25, 0.3) is 117 Å². The van der Waals surface area contributed by atoms with E-state index in [1.54, 1.807) is 0 Å². The van der Waals surface area contributed by atoms with Crippen molar-refractivity contribution in [3.8, 4) is 62.2 Å². The van der Waals surface area contributed by atoms with Gasteiger partial charge in [0.25, 0.3) is 0 Å². The molecule has 8 heteroatoms. The van der Waals surface area contributed by atoms with E-state index in [1.165, 1.54) is 33.5 Å². The average Bonchev–Trinajstić information content (AvgIpc) is 3.95. The highest BCUT2D eigenvalue weighted by molar-refractivity contribution is 7.00. The van der Waals surface area contributed by atoms with Crippen LogP contribution in [0, 0.1) is 0 Å². The molecular weight excluding hydrogens is 755 g/mol. The van der Waals surface area contributed by atoms with Gasteiger partial charge < -0.3 is 4.57 Å². The van der Waals surface area contributed by atoms with E-state index in [2.05, 4.69) is 159 Å². The zero-order chi connectivity index (χ0) is 39.6. The third kappa shape index (κ3) is 5.65. The van der Waals surface area contributed by atoms with E-state index >= 15 is 0 Å². The molecule has 0 radical (unpaired) electrons. The van der Waals surface area contributed by atoms with Crippen molar-refractivity contribution >= 4 is 66.2 Å². The third-order valence-corrected chi connectivity index (χ3v) is 11.9. The molecular formula is C52H31N7S. The fourth-order valence-corrected chi connectivity index (χ4v) is 9.02. The van der Waals surface area contributed by atoms with E-state index in [-0.39, 0.29) is 0 Å². The van der Waals surface area contributed by atoms with Crippen LogP contribution in [0.5, 0.6) is 0 Å². The molecule has 0 aliphatic heterocycles. The number of nitrogens with zero attached hydrogens (tertiary/aromatic N) is 7. The number of hydrogen-bond acceptors (Lipinski definition) is 7. The topological polar surface area (TPSA) is 82.3 Å². The van der Waals surface area contributed by atoms with Gasteiger partial charge in [0.2, 0.25) is 0 Å². The van der Waals surface area contributed by atoms with Gasteiger partial charge in [-0.05, 0) is 71.8 Å². The smallest absolute Gasteiger partial charge is 0.164 e. The minimum absolute atomic E-state index is 0.610. The Bertz CT molecular complexity index is 3540. The Morgan fingerprint density at radius 3 is 1.65 bits per heavy atom. The zero-order valence-electron chi connectivity index (χ0n) is 31.9. The first-order chi connectivity index (χ1) is 29.7. The molecule has 4 heterocycles. The van der Waals surface area contributed by atoms with Crippen LogP contribution < -0.4 is 0 Å². The molecule has 0 unspecified atom stereocenters. The Kier molecular flexibility index (Phi) is 7.89. The summed E-state index contributed by atoms with van der Waals surface area (Å²) in [6, 6.07) is 65.2. The van der Waals surface area contributed by atoms with Crippen molar-refractivity contribution in [2.24, 2.45) is 0 Å². The largest absolute Gasteiger partial charge is 0.309 e. The molecule has 0 saturated carbocycles. The number of fused-ring (bicyclic) bond motifs is 8. The minimum atomic E-state index is 0.610. The van der Waals surface area contributed by atoms with Crippen molar-refractivity contribution < 1.29 is 0 Å². The Hall–Kier alpha value is -7.94. The molecule has 280 valence electrons. The maximum absolute atomic E-state index is 5.16. The van der Waals surface area contributed by atoms with Crippen LogP contribution in [-0.4, -0.2) is 33.3 Å². The molecule has 12 aromatic rings. The summed E-state index contributed by atoms with van der Waals surface area (Å²) in [5, 5.41) is 5.69. The normalized spacial score (nSPS) is 11.7. The van der Waals surface area contributed by atoms with Crippen molar-refractivity contribution in [3.63, 3.8) is 0 Å². The van der Waals surface area contributed by atoms with E-state index in [9.17, 15) is 0 Å². The average molecular weight is 786 g/mol. The van der Waals surface area contributed by atoms with Crippen molar-refractivity contribution in [3.05, 3.63) is 188 Å². The molecule has 12 rings (SSSR count). The van der Waals surface area contributed by atoms with Gasteiger partial charge in [-0.15, -0.1) is 0 Å². The fourth-order valence-electron chi connectivity index (χ4n) is 8.47. The number of aromatic nitrogens is 7. The molecule has 60 heavy (non-hydrogen) atoms. The minimum Gasteiger partial charge on any atom is -0.309 e. The summed E-state index contributed by atoms with van der Waals surface area (Å²) in [5.41, 5.74) is 13.0. The van der Waals surface area contributed by atoms with E-state index in [0.29, 0.717) is 17.5 Å². The lowest BCUT2D eigenvalue weighted by Gasteiger charge is -2.12. The lowest BCUT2D eigenvalue weighted by atomic mass is 9.97. The quantitative estimate of drug-likeness (QED) is 0.156. The highest BCUT2D eigenvalue weighted by atomic mass is 32.1. The lowest BCUT2D eigenvalue weighted by molar-refractivity contribution is 1.07. The maximum atomic E-state index is 5.16. The summed E-state index contributed by atoms with van der Waals surface area (Å²) in [6.45, 7) is 0. The lowest BCUT2D eigenvalue weighted by Crippen LogP contribution is -2.00. The van der Waals surface area contributed by atoms with Crippen molar-refractivity contribution in [1.29, 1.82) is 0 Å². The number of rotatable bonds is 6. The van der Waals surface area contributed by atoms with E-state index in [0.717, 1.165) is 77.5 Å². The molecule has 0 atom stereocenters. The Morgan fingerprint density at radius 2 is 0.917 bits per heavy atom. The molecule has 0 amide bonds. The van der Waals surface area contributed by atoms with Crippen LogP contribution >= 0.6 is 11.7 Å². The van der Waals surface area contributed by atoms with Crippen molar-refractivity contribution in [1.82, 2.24) is 33.3 Å². The Morgan fingerprint density at radius 1 is 0.350 bits per heavy atom. The van der Waals surface area contributed by atoms with Crippen molar-refractivity contribution in [2.75, 3.05) is 0 Å². The van der Waals surface area contributed by atoms with E-state index in [4.69, 9.17) is 19.9 Å². The van der Waals surface area contributed by atoms with Gasteiger partial charge in [0.15, 0.2) is 17.5 Å². The summed E-state index contributed by atoms with van der Waals surface area (Å²) in [4.78, 5) is 20.3. The van der Waals surface area contributed by atoms with Crippen LogP contribution in [-0.2, 0) is 0 Å². The SMILES string of the molecule is c1ccc(-c2nc(-c3ccc(-n4c5ccccc5c5ccccc54)cc3)nc(-c3cccc(-c4ccc(-c5nc6ccccc6c6c5ccc5nsnc56)cc4)c3)n2)cc1. The fraction of sp³-hybridized carbons (Fsp3) is 0. The predicted molar refractivity (Wildman–Crippen MR) is 245 cm³/mol. The standard InChI is InChI=1S/C52H31N7S/c1-2-11-34(12-3-1)50-54-51(35-25-27-38(28-26-35)59-45-19-8-5-15-39(45)40-16-6-9-20-46(40)59)56-52(55-50)37-14-10-13-36(31-37)32-21-23-33(24-22-32)48-42-29-30-44-49(58-60-57-44)47(42)41-17-4-7-18-43(41)53-48/h1-31H. The molecule has 0 fully saturated rings. The second-order valence-electron chi connectivity index (χ2n) is 14.8. The number of pyridine rings is 1. The van der Waals surface area contributed by atoms with Crippen LogP contribution in [0.2, 0.25) is 0 Å². The second kappa shape index (κ2) is 13.9. The second-order valence-corrected chi connectivity index (χ2v) is 15.4. The molecule has 0 spiro atoms. The van der Waals surface area contributed by atoms with Crippen LogP contribution in [0.1, 0.15) is 0 Å². The summed E-state index contributed by atoms with van der Waals surface area (Å²) in [7, 11) is 0. The van der Waals surface area contributed by atoms with E-state index in [1.807, 2.05) is 42.5 Å². The van der Waals surface area contributed by atoms with Gasteiger partial charge in [0, 0.05) is 54.9 Å². The molecule has 8 aromatic carbocycles. The van der Waals surface area contributed by atoms with Gasteiger partial charge in [-0.25, -0.2) is 19.9 Å². The van der Waals surface area contributed by atoms with Gasteiger partial charge in [-0.1, -0.05) is 127 Å². The Labute approximate surface area is 348 Å². The molecule has 0 saturated heterocycles. The van der Waals surface area contributed by atoms with Gasteiger partial charge in [0.05, 0.1) is 34.0 Å². The predicted octanol–water partition coefficient (Wildman–Crippen LogP) is 13.0. The molecule has 0 N–H and O–H groups in total. The van der Waals surface area contributed by atoms with Gasteiger partial charge in [-0.3, -0.25) is 0 Å². The molecule has 4 aromatic heterocycles. The monoisotopic (exact) mass is 785 g/mol. The summed E-state index contributed by atoms with van der Waals surface area (Å²) in [5.74, 6) is 1.85. The first-order valence-corrected chi connectivity index (χ1v) is 20.5. The summed E-state index contributed by atoms with van der Waals surface area (Å²) in [6.07, 6.45) is 0. The van der Waals surface area contributed by atoms with Crippen LogP contribution in [0.3, 0.4) is 0 Å². The number of benzene rings is 8. The Balaban J connectivity index is 0.922. The third-order valence-electron chi connectivity index (χ3n) is 11.3.